The summed E-state index contributed by atoms with van der Waals surface area (Å²) in [5.74, 6) is 0. The zero-order valence-electron chi connectivity index (χ0n) is 12.5. The van der Waals surface area contributed by atoms with Gasteiger partial charge < -0.3 is 5.32 Å². The van der Waals surface area contributed by atoms with Gasteiger partial charge in [0.1, 0.15) is 0 Å². The number of hydrogen-bond acceptors (Lipinski definition) is 2. The molecule has 0 amide bonds. The molecule has 0 atom stereocenters. The van der Waals surface area contributed by atoms with Gasteiger partial charge in [-0.2, -0.15) is 5.10 Å². The Morgan fingerprint density at radius 2 is 1.76 bits per heavy atom. The molecule has 21 heavy (non-hydrogen) atoms. The first-order valence-corrected chi connectivity index (χ1v) is 7.21. The highest BCUT2D eigenvalue weighted by Gasteiger charge is 2.01. The van der Waals surface area contributed by atoms with E-state index in [4.69, 9.17) is 12.2 Å². The van der Waals surface area contributed by atoms with Gasteiger partial charge in [0.2, 0.25) is 0 Å². The van der Waals surface area contributed by atoms with E-state index < -0.39 is 0 Å². The van der Waals surface area contributed by atoms with Crippen LogP contribution < -0.4 is 10.7 Å². The fourth-order valence-electron chi connectivity index (χ4n) is 1.98. The first-order chi connectivity index (χ1) is 10.1. The van der Waals surface area contributed by atoms with Gasteiger partial charge in [-0.1, -0.05) is 48.0 Å². The van der Waals surface area contributed by atoms with E-state index in [1.807, 2.05) is 43.3 Å². The monoisotopic (exact) mass is 297 g/mol. The molecule has 2 rings (SSSR count). The Balaban J connectivity index is 1.99. The van der Waals surface area contributed by atoms with Gasteiger partial charge >= 0.3 is 0 Å². The molecule has 0 aliphatic rings. The first-order valence-electron chi connectivity index (χ1n) is 6.80. The van der Waals surface area contributed by atoms with Crippen molar-refractivity contribution in [1.82, 2.24) is 5.43 Å². The average Bonchev–Trinajstić information content (AvgIpc) is 2.48. The summed E-state index contributed by atoms with van der Waals surface area (Å²) >= 11 is 5.27. The van der Waals surface area contributed by atoms with Gasteiger partial charge in [0.05, 0.1) is 5.71 Å². The van der Waals surface area contributed by atoms with Crippen molar-refractivity contribution in [3.63, 3.8) is 0 Å². The second-order valence-corrected chi connectivity index (χ2v) is 5.36. The minimum atomic E-state index is 0.484. The number of nitrogens with zero attached hydrogens (tertiary/aromatic N) is 1. The van der Waals surface area contributed by atoms with Crippen LogP contribution in [0.4, 0.5) is 5.69 Å². The molecular weight excluding hydrogens is 278 g/mol. The Hall–Kier alpha value is -2.20. The van der Waals surface area contributed by atoms with Crippen LogP contribution >= 0.6 is 12.2 Å². The Kier molecular flexibility index (Phi) is 5.06. The van der Waals surface area contributed by atoms with Crippen molar-refractivity contribution in [3.05, 3.63) is 65.2 Å². The SMILES string of the molecule is CC(=NNC(=S)Nc1ccc(C)cc1C)c1ccccc1. The minimum absolute atomic E-state index is 0.484. The molecule has 2 aromatic rings. The van der Waals surface area contributed by atoms with E-state index in [0.29, 0.717) is 5.11 Å². The molecule has 0 aliphatic carbocycles. The highest BCUT2D eigenvalue weighted by molar-refractivity contribution is 7.80. The lowest BCUT2D eigenvalue weighted by Crippen LogP contribution is -2.25. The van der Waals surface area contributed by atoms with Crippen LogP contribution in [0.25, 0.3) is 0 Å². The summed E-state index contributed by atoms with van der Waals surface area (Å²) in [5, 5.41) is 7.94. The fraction of sp³-hybridized carbons (Fsp3) is 0.176. The number of rotatable bonds is 3. The van der Waals surface area contributed by atoms with Crippen molar-refractivity contribution in [2.75, 3.05) is 5.32 Å². The van der Waals surface area contributed by atoms with Gasteiger partial charge in [0.25, 0.3) is 0 Å². The summed E-state index contributed by atoms with van der Waals surface area (Å²) in [7, 11) is 0. The zero-order valence-corrected chi connectivity index (χ0v) is 13.3. The molecule has 0 aromatic heterocycles. The Labute approximate surface area is 131 Å². The summed E-state index contributed by atoms with van der Waals surface area (Å²) in [6.45, 7) is 6.07. The molecule has 108 valence electrons. The maximum atomic E-state index is 5.27. The molecule has 0 saturated heterocycles. The van der Waals surface area contributed by atoms with Crippen LogP contribution in [-0.2, 0) is 0 Å². The summed E-state index contributed by atoms with van der Waals surface area (Å²) in [6.07, 6.45) is 0. The van der Waals surface area contributed by atoms with Crippen molar-refractivity contribution < 1.29 is 0 Å². The number of benzene rings is 2. The van der Waals surface area contributed by atoms with Crippen LogP contribution in [0.5, 0.6) is 0 Å². The predicted molar refractivity (Wildman–Crippen MR) is 93.9 cm³/mol. The first kappa shape index (κ1) is 15.2. The number of anilines is 1. The van der Waals surface area contributed by atoms with Crippen LogP contribution in [-0.4, -0.2) is 10.8 Å². The van der Waals surface area contributed by atoms with E-state index in [9.17, 15) is 0 Å². The lowest BCUT2D eigenvalue weighted by molar-refractivity contribution is 1.04. The Bertz CT molecular complexity index is 663. The maximum absolute atomic E-state index is 5.27. The van der Waals surface area contributed by atoms with Crippen molar-refractivity contribution >= 4 is 28.7 Å². The van der Waals surface area contributed by atoms with Crippen LogP contribution in [0, 0.1) is 13.8 Å². The van der Waals surface area contributed by atoms with Gasteiger partial charge in [-0.3, -0.25) is 5.43 Å². The molecule has 0 aliphatic heterocycles. The largest absolute Gasteiger partial charge is 0.331 e. The van der Waals surface area contributed by atoms with Crippen LogP contribution in [0.15, 0.2) is 53.6 Å². The third-order valence-corrected chi connectivity index (χ3v) is 3.34. The molecule has 0 unspecified atom stereocenters. The van der Waals surface area contributed by atoms with E-state index >= 15 is 0 Å². The predicted octanol–water partition coefficient (Wildman–Crippen LogP) is 4.01. The number of nitrogens with one attached hydrogen (secondary N) is 2. The summed E-state index contributed by atoms with van der Waals surface area (Å²) in [6, 6.07) is 16.2. The second-order valence-electron chi connectivity index (χ2n) is 4.95. The Morgan fingerprint density at radius 3 is 2.43 bits per heavy atom. The normalized spacial score (nSPS) is 11.1. The molecule has 2 N–H and O–H groups in total. The highest BCUT2D eigenvalue weighted by atomic mass is 32.1. The topological polar surface area (TPSA) is 36.4 Å². The van der Waals surface area contributed by atoms with Gasteiger partial charge in [-0.05, 0) is 50.2 Å². The fourth-order valence-corrected chi connectivity index (χ4v) is 2.14. The third kappa shape index (κ3) is 4.39. The van der Waals surface area contributed by atoms with Crippen LogP contribution in [0.1, 0.15) is 23.6 Å². The van der Waals surface area contributed by atoms with Gasteiger partial charge in [0, 0.05) is 5.69 Å². The van der Waals surface area contributed by atoms with Crippen molar-refractivity contribution in [1.29, 1.82) is 0 Å². The van der Waals surface area contributed by atoms with Gasteiger partial charge in [-0.15, -0.1) is 0 Å². The summed E-state index contributed by atoms with van der Waals surface area (Å²) in [4.78, 5) is 0. The smallest absolute Gasteiger partial charge is 0.191 e. The van der Waals surface area contributed by atoms with Crippen LogP contribution in [0.2, 0.25) is 0 Å². The zero-order chi connectivity index (χ0) is 15.2. The van der Waals surface area contributed by atoms with E-state index in [0.717, 1.165) is 22.5 Å². The molecule has 3 nitrogen and oxygen atoms in total. The number of hydrogen-bond donors (Lipinski definition) is 2. The molecule has 0 radical (unpaired) electrons. The van der Waals surface area contributed by atoms with E-state index in [2.05, 4.69) is 41.8 Å². The van der Waals surface area contributed by atoms with E-state index in [1.54, 1.807) is 0 Å². The lowest BCUT2D eigenvalue weighted by Gasteiger charge is -2.11. The highest BCUT2D eigenvalue weighted by Crippen LogP contribution is 2.15. The van der Waals surface area contributed by atoms with Crippen molar-refractivity contribution in [2.45, 2.75) is 20.8 Å². The minimum Gasteiger partial charge on any atom is -0.331 e. The molecule has 4 heteroatoms. The van der Waals surface area contributed by atoms with Crippen LogP contribution in [0.3, 0.4) is 0 Å². The summed E-state index contributed by atoms with van der Waals surface area (Å²) in [5.41, 5.74) is 8.22. The molecule has 0 heterocycles. The van der Waals surface area contributed by atoms with E-state index in [1.165, 1.54) is 5.56 Å². The Morgan fingerprint density at radius 1 is 1.05 bits per heavy atom. The maximum Gasteiger partial charge on any atom is 0.191 e. The van der Waals surface area contributed by atoms with E-state index in [-0.39, 0.29) is 0 Å². The molecule has 2 aromatic carbocycles. The number of aryl methyl sites for hydroxylation is 2. The summed E-state index contributed by atoms with van der Waals surface area (Å²) < 4.78 is 0. The lowest BCUT2D eigenvalue weighted by atomic mass is 10.1. The molecule has 0 spiro atoms. The van der Waals surface area contributed by atoms with Gasteiger partial charge in [0.15, 0.2) is 5.11 Å². The molecule has 0 saturated carbocycles. The average molecular weight is 297 g/mol. The van der Waals surface area contributed by atoms with Crippen molar-refractivity contribution in [2.24, 2.45) is 5.10 Å². The quantitative estimate of drug-likeness (QED) is 0.510. The molecule has 0 bridgehead atoms. The van der Waals surface area contributed by atoms with Gasteiger partial charge in [-0.25, -0.2) is 0 Å². The number of thiocarbonyl (C=S) groups is 1. The van der Waals surface area contributed by atoms with Crippen molar-refractivity contribution in [3.8, 4) is 0 Å². The third-order valence-electron chi connectivity index (χ3n) is 3.15. The molecule has 0 fully saturated rings. The number of hydrazone groups is 1. The standard InChI is InChI=1S/C17H19N3S/c1-12-9-10-16(13(2)11-12)18-17(21)20-19-14(3)15-7-5-4-6-8-15/h4-11H,1-3H3,(H2,18,20,21). The molecular formula is C17H19N3S. The second kappa shape index (κ2) is 6.99.